The van der Waals surface area contributed by atoms with E-state index < -0.39 is 0 Å². The Morgan fingerprint density at radius 1 is 1.41 bits per heavy atom. The van der Waals surface area contributed by atoms with Crippen molar-refractivity contribution in [3.8, 4) is 0 Å². The smallest absolute Gasteiger partial charge is 0.222 e. The number of rotatable bonds is 5. The van der Waals surface area contributed by atoms with Crippen molar-refractivity contribution in [1.82, 2.24) is 9.88 Å². The van der Waals surface area contributed by atoms with Crippen LogP contribution in [0, 0.1) is 5.92 Å². The lowest BCUT2D eigenvalue weighted by Crippen LogP contribution is -2.27. The highest BCUT2D eigenvalue weighted by Crippen LogP contribution is 2.24. The molecule has 1 aromatic carbocycles. The number of nitrogens with zero attached hydrogens (tertiary/aromatic N) is 1. The monoisotopic (exact) mass is 316 g/mol. The summed E-state index contributed by atoms with van der Waals surface area (Å²) in [5, 5.41) is 1.36. The van der Waals surface area contributed by atoms with Crippen LogP contribution in [-0.4, -0.2) is 39.7 Å². The molecule has 2 heterocycles. The molecule has 1 fully saturated rings. The minimum Gasteiger partial charge on any atom is -0.361 e. The number of fused-ring (bicyclic) bond motifs is 1. The minimum atomic E-state index is 0.129. The first kappa shape index (κ1) is 15.2. The minimum absolute atomic E-state index is 0.129. The Hall–Kier alpha value is -1.75. The zero-order valence-electron chi connectivity index (χ0n) is 12.7. The maximum atomic E-state index is 12.1. The van der Waals surface area contributed by atoms with Crippen LogP contribution in [0.3, 0.4) is 0 Å². The molecule has 5 heteroatoms. The summed E-state index contributed by atoms with van der Waals surface area (Å²) in [7, 11) is 0. The summed E-state index contributed by atoms with van der Waals surface area (Å²) in [5.41, 5.74) is 2.39. The number of carbonyl (C=O) groups excluding carboxylic acids is 2. The van der Waals surface area contributed by atoms with Crippen molar-refractivity contribution in [2.45, 2.75) is 19.8 Å². The summed E-state index contributed by atoms with van der Waals surface area (Å²) < 4.78 is 0. The third-order valence-electron chi connectivity index (χ3n) is 4.14. The molecular formula is C17H20N2O2S. The van der Waals surface area contributed by atoms with E-state index in [-0.39, 0.29) is 11.0 Å². The summed E-state index contributed by atoms with van der Waals surface area (Å²) in [6.45, 7) is 3.11. The van der Waals surface area contributed by atoms with Gasteiger partial charge in [0.1, 0.15) is 0 Å². The SMILES string of the molecule is CC(=O)SCC1CC(=O)N(CCc2c[nH]c3ccccc23)C1. The fourth-order valence-electron chi connectivity index (χ4n) is 3.01. The third-order valence-corrected chi connectivity index (χ3v) is 5.19. The van der Waals surface area contributed by atoms with Gasteiger partial charge in [0.15, 0.2) is 5.12 Å². The summed E-state index contributed by atoms with van der Waals surface area (Å²) in [4.78, 5) is 28.3. The van der Waals surface area contributed by atoms with Crippen molar-refractivity contribution in [3.63, 3.8) is 0 Å². The number of hydrogen-bond donors (Lipinski definition) is 1. The van der Waals surface area contributed by atoms with Crippen LogP contribution in [0.4, 0.5) is 0 Å². The first-order valence-electron chi connectivity index (χ1n) is 7.59. The number of thioether (sulfide) groups is 1. The zero-order valence-corrected chi connectivity index (χ0v) is 13.5. The molecule has 1 unspecified atom stereocenters. The average molecular weight is 316 g/mol. The van der Waals surface area contributed by atoms with Crippen molar-refractivity contribution in [3.05, 3.63) is 36.0 Å². The Bertz CT molecular complexity index is 695. The van der Waals surface area contributed by atoms with Crippen LogP contribution < -0.4 is 0 Å². The van der Waals surface area contributed by atoms with Gasteiger partial charge in [-0.05, 0) is 24.0 Å². The largest absolute Gasteiger partial charge is 0.361 e. The Labute approximate surface area is 134 Å². The van der Waals surface area contributed by atoms with Crippen LogP contribution in [-0.2, 0) is 16.0 Å². The van der Waals surface area contributed by atoms with Gasteiger partial charge >= 0.3 is 0 Å². The lowest BCUT2D eigenvalue weighted by molar-refractivity contribution is -0.127. The number of para-hydroxylation sites is 1. The molecule has 116 valence electrons. The second kappa shape index (κ2) is 6.57. The van der Waals surface area contributed by atoms with Crippen molar-refractivity contribution >= 4 is 33.7 Å². The lowest BCUT2D eigenvalue weighted by Gasteiger charge is -2.16. The first-order chi connectivity index (χ1) is 10.6. The molecule has 0 saturated carbocycles. The normalized spacial score (nSPS) is 18.3. The summed E-state index contributed by atoms with van der Waals surface area (Å²) in [6.07, 6.45) is 3.48. The van der Waals surface area contributed by atoms with Gasteiger partial charge in [0, 0.05) is 49.3 Å². The molecule has 2 aromatic rings. The highest BCUT2D eigenvalue weighted by Gasteiger charge is 2.29. The fraction of sp³-hybridized carbons (Fsp3) is 0.412. The van der Waals surface area contributed by atoms with Crippen molar-refractivity contribution in [2.75, 3.05) is 18.8 Å². The average Bonchev–Trinajstić information content (AvgIpc) is 3.07. The first-order valence-corrected chi connectivity index (χ1v) is 8.58. The molecule has 0 aliphatic carbocycles. The number of likely N-dealkylation sites (tertiary alicyclic amines) is 1. The quantitative estimate of drug-likeness (QED) is 0.923. The van der Waals surface area contributed by atoms with E-state index in [4.69, 9.17) is 0 Å². The molecule has 22 heavy (non-hydrogen) atoms. The molecule has 1 amide bonds. The Kier molecular flexibility index (Phi) is 4.52. The van der Waals surface area contributed by atoms with Crippen LogP contribution >= 0.6 is 11.8 Å². The number of benzene rings is 1. The van der Waals surface area contributed by atoms with Gasteiger partial charge in [0.2, 0.25) is 5.91 Å². The standard InChI is InChI=1S/C17H20N2O2S/c1-12(20)22-11-13-8-17(21)19(10-13)7-6-14-9-18-16-5-3-2-4-15(14)16/h2-5,9,13,18H,6-8,10-11H2,1H3. The Morgan fingerprint density at radius 3 is 3.05 bits per heavy atom. The van der Waals surface area contributed by atoms with E-state index in [1.165, 1.54) is 22.7 Å². The lowest BCUT2D eigenvalue weighted by atomic mass is 10.1. The molecule has 1 atom stereocenters. The van der Waals surface area contributed by atoms with Crippen molar-refractivity contribution in [1.29, 1.82) is 0 Å². The fourth-order valence-corrected chi connectivity index (χ4v) is 3.70. The van der Waals surface area contributed by atoms with E-state index in [1.807, 2.05) is 23.2 Å². The molecule has 1 aliphatic heterocycles. The van der Waals surface area contributed by atoms with E-state index in [2.05, 4.69) is 17.1 Å². The van der Waals surface area contributed by atoms with Gasteiger partial charge in [-0.15, -0.1) is 0 Å². The molecule has 1 aromatic heterocycles. The van der Waals surface area contributed by atoms with Crippen LogP contribution in [0.1, 0.15) is 18.9 Å². The Balaban J connectivity index is 1.57. The molecule has 0 bridgehead atoms. The van der Waals surface area contributed by atoms with Gasteiger partial charge in [-0.3, -0.25) is 9.59 Å². The maximum absolute atomic E-state index is 12.1. The van der Waals surface area contributed by atoms with Gasteiger partial charge in [-0.1, -0.05) is 30.0 Å². The zero-order chi connectivity index (χ0) is 15.5. The predicted octanol–water partition coefficient (Wildman–Crippen LogP) is 2.84. The van der Waals surface area contributed by atoms with Crippen molar-refractivity contribution < 1.29 is 9.59 Å². The number of H-pyrrole nitrogens is 1. The number of amides is 1. The van der Waals surface area contributed by atoms with Gasteiger partial charge in [0.05, 0.1) is 0 Å². The number of hydrogen-bond acceptors (Lipinski definition) is 3. The third kappa shape index (κ3) is 3.35. The number of aromatic amines is 1. The van der Waals surface area contributed by atoms with Gasteiger partial charge in [0.25, 0.3) is 0 Å². The highest BCUT2D eigenvalue weighted by atomic mass is 32.2. The van der Waals surface area contributed by atoms with Crippen LogP contribution in [0.5, 0.6) is 0 Å². The van der Waals surface area contributed by atoms with Gasteiger partial charge < -0.3 is 9.88 Å². The summed E-state index contributed by atoms with van der Waals surface area (Å²) in [5.74, 6) is 1.28. The van der Waals surface area contributed by atoms with Gasteiger partial charge in [-0.25, -0.2) is 0 Å². The van der Waals surface area contributed by atoms with Crippen molar-refractivity contribution in [2.24, 2.45) is 5.92 Å². The molecule has 1 N–H and O–H groups in total. The van der Waals surface area contributed by atoms with E-state index in [1.54, 1.807) is 6.92 Å². The second-order valence-electron chi connectivity index (χ2n) is 5.82. The number of carbonyl (C=O) groups is 2. The summed E-state index contributed by atoms with van der Waals surface area (Å²) >= 11 is 1.33. The molecule has 0 radical (unpaired) electrons. The molecule has 1 saturated heterocycles. The van der Waals surface area contributed by atoms with Crippen LogP contribution in [0.15, 0.2) is 30.5 Å². The highest BCUT2D eigenvalue weighted by molar-refractivity contribution is 8.13. The maximum Gasteiger partial charge on any atom is 0.222 e. The predicted molar refractivity (Wildman–Crippen MR) is 89.8 cm³/mol. The number of aromatic nitrogens is 1. The Morgan fingerprint density at radius 2 is 2.23 bits per heavy atom. The van der Waals surface area contributed by atoms with Gasteiger partial charge in [-0.2, -0.15) is 0 Å². The number of nitrogens with one attached hydrogen (secondary N) is 1. The molecule has 3 rings (SSSR count). The summed E-state index contributed by atoms with van der Waals surface area (Å²) in [6, 6.07) is 8.23. The molecule has 1 aliphatic rings. The van der Waals surface area contributed by atoms with Crippen LogP contribution in [0.25, 0.3) is 10.9 Å². The van der Waals surface area contributed by atoms with E-state index in [9.17, 15) is 9.59 Å². The van der Waals surface area contributed by atoms with E-state index in [0.29, 0.717) is 12.3 Å². The van der Waals surface area contributed by atoms with E-state index in [0.717, 1.165) is 30.8 Å². The van der Waals surface area contributed by atoms with E-state index >= 15 is 0 Å². The molecule has 0 spiro atoms. The van der Waals surface area contributed by atoms with Crippen LogP contribution in [0.2, 0.25) is 0 Å². The molecular weight excluding hydrogens is 296 g/mol. The topological polar surface area (TPSA) is 53.2 Å². The molecule has 4 nitrogen and oxygen atoms in total. The second-order valence-corrected chi connectivity index (χ2v) is 7.02.